The van der Waals surface area contributed by atoms with Crippen LogP contribution in [0.15, 0.2) is 42.5 Å². The second kappa shape index (κ2) is 5.78. The van der Waals surface area contributed by atoms with Crippen LogP contribution in [-0.4, -0.2) is 12.2 Å². The molecule has 0 fully saturated rings. The summed E-state index contributed by atoms with van der Waals surface area (Å²) in [5.74, 6) is 0.887. The molecular weight excluding hydrogens is 240 g/mol. The van der Waals surface area contributed by atoms with Gasteiger partial charge in [0.05, 0.1) is 24.4 Å². The van der Waals surface area contributed by atoms with E-state index in [-0.39, 0.29) is 5.75 Å². The molecule has 0 bridgehead atoms. The van der Waals surface area contributed by atoms with Crippen molar-refractivity contribution in [3.8, 4) is 17.6 Å². The maximum Gasteiger partial charge on any atom is 0.143 e. The number of benzene rings is 2. The van der Waals surface area contributed by atoms with Crippen molar-refractivity contribution in [1.82, 2.24) is 0 Å². The van der Waals surface area contributed by atoms with Gasteiger partial charge in [-0.15, -0.1) is 0 Å². The molecule has 0 atom stereocenters. The minimum Gasteiger partial charge on any atom is -0.508 e. The van der Waals surface area contributed by atoms with Gasteiger partial charge < -0.3 is 15.2 Å². The molecule has 96 valence electrons. The van der Waals surface area contributed by atoms with Gasteiger partial charge in [0, 0.05) is 12.6 Å². The largest absolute Gasteiger partial charge is 0.508 e. The van der Waals surface area contributed by atoms with Crippen molar-refractivity contribution in [2.75, 3.05) is 12.4 Å². The van der Waals surface area contributed by atoms with E-state index in [2.05, 4.69) is 11.4 Å². The molecule has 2 aromatic rings. The zero-order valence-corrected chi connectivity index (χ0v) is 10.6. The van der Waals surface area contributed by atoms with E-state index in [1.54, 1.807) is 31.4 Å². The Morgan fingerprint density at radius 2 is 1.95 bits per heavy atom. The fourth-order valence-corrected chi connectivity index (χ4v) is 1.72. The summed E-state index contributed by atoms with van der Waals surface area (Å²) in [6, 6.07) is 14.3. The summed E-state index contributed by atoms with van der Waals surface area (Å²) in [7, 11) is 1.57. The number of hydrogen-bond acceptors (Lipinski definition) is 4. The molecule has 2 rings (SSSR count). The number of aromatic hydroxyl groups is 1. The van der Waals surface area contributed by atoms with Crippen LogP contribution < -0.4 is 10.1 Å². The predicted molar refractivity (Wildman–Crippen MR) is 73.1 cm³/mol. The quantitative estimate of drug-likeness (QED) is 0.880. The predicted octanol–water partition coefficient (Wildman–Crippen LogP) is 2.88. The fourth-order valence-electron chi connectivity index (χ4n) is 1.72. The molecule has 0 aliphatic carbocycles. The van der Waals surface area contributed by atoms with Crippen molar-refractivity contribution >= 4 is 5.69 Å². The summed E-state index contributed by atoms with van der Waals surface area (Å²) in [4.78, 5) is 0. The Hall–Kier alpha value is -2.67. The van der Waals surface area contributed by atoms with Crippen molar-refractivity contribution in [3.63, 3.8) is 0 Å². The molecule has 0 saturated carbocycles. The van der Waals surface area contributed by atoms with E-state index in [4.69, 9.17) is 10.00 Å². The van der Waals surface area contributed by atoms with Crippen LogP contribution >= 0.6 is 0 Å². The molecule has 0 saturated heterocycles. The first-order chi connectivity index (χ1) is 9.22. The summed E-state index contributed by atoms with van der Waals surface area (Å²) < 4.78 is 5.24. The number of phenols is 1. The SMILES string of the molecule is COc1cc(C#N)ccc1NCc1ccc(O)cc1. The van der Waals surface area contributed by atoms with Gasteiger partial charge in [-0.3, -0.25) is 0 Å². The molecule has 0 aliphatic heterocycles. The smallest absolute Gasteiger partial charge is 0.143 e. The van der Waals surface area contributed by atoms with E-state index < -0.39 is 0 Å². The Morgan fingerprint density at radius 1 is 1.21 bits per heavy atom. The third-order valence-electron chi connectivity index (χ3n) is 2.75. The minimum absolute atomic E-state index is 0.250. The van der Waals surface area contributed by atoms with Gasteiger partial charge in [-0.1, -0.05) is 12.1 Å². The summed E-state index contributed by atoms with van der Waals surface area (Å²) in [6.07, 6.45) is 0. The van der Waals surface area contributed by atoms with Crippen LogP contribution in [-0.2, 0) is 6.54 Å². The first-order valence-electron chi connectivity index (χ1n) is 5.83. The Balaban J connectivity index is 2.11. The summed E-state index contributed by atoms with van der Waals surface area (Å²) in [5, 5.41) is 21.3. The van der Waals surface area contributed by atoms with Crippen LogP contribution in [0.3, 0.4) is 0 Å². The van der Waals surface area contributed by atoms with Crippen molar-refractivity contribution in [2.24, 2.45) is 0 Å². The zero-order valence-electron chi connectivity index (χ0n) is 10.6. The second-order valence-electron chi connectivity index (χ2n) is 4.05. The van der Waals surface area contributed by atoms with Gasteiger partial charge in [0.2, 0.25) is 0 Å². The van der Waals surface area contributed by atoms with Crippen molar-refractivity contribution in [1.29, 1.82) is 5.26 Å². The maximum absolute atomic E-state index is 9.21. The van der Waals surface area contributed by atoms with Crippen molar-refractivity contribution < 1.29 is 9.84 Å². The van der Waals surface area contributed by atoms with Gasteiger partial charge in [0.15, 0.2) is 0 Å². The molecule has 2 N–H and O–H groups in total. The molecule has 0 unspecified atom stereocenters. The third-order valence-corrected chi connectivity index (χ3v) is 2.75. The van der Waals surface area contributed by atoms with Gasteiger partial charge in [0.1, 0.15) is 11.5 Å². The number of ether oxygens (including phenoxy) is 1. The summed E-state index contributed by atoms with van der Waals surface area (Å²) in [6.45, 7) is 0.614. The zero-order chi connectivity index (χ0) is 13.7. The minimum atomic E-state index is 0.250. The van der Waals surface area contributed by atoms with Crippen LogP contribution in [0.2, 0.25) is 0 Å². The number of nitriles is 1. The van der Waals surface area contributed by atoms with E-state index in [1.807, 2.05) is 18.2 Å². The summed E-state index contributed by atoms with van der Waals surface area (Å²) >= 11 is 0. The van der Waals surface area contributed by atoms with Gasteiger partial charge in [0.25, 0.3) is 0 Å². The van der Waals surface area contributed by atoms with Gasteiger partial charge in [-0.2, -0.15) is 5.26 Å². The van der Waals surface area contributed by atoms with Crippen LogP contribution in [0, 0.1) is 11.3 Å². The molecule has 19 heavy (non-hydrogen) atoms. The topological polar surface area (TPSA) is 65.3 Å². The molecule has 0 aliphatic rings. The number of methoxy groups -OCH3 is 1. The average molecular weight is 254 g/mol. The van der Waals surface area contributed by atoms with Gasteiger partial charge in [-0.25, -0.2) is 0 Å². The number of rotatable bonds is 4. The molecule has 4 nitrogen and oxygen atoms in total. The van der Waals surface area contributed by atoms with Crippen LogP contribution in [0.5, 0.6) is 11.5 Å². The molecule has 0 radical (unpaired) electrons. The lowest BCUT2D eigenvalue weighted by atomic mass is 10.2. The van der Waals surface area contributed by atoms with E-state index in [1.165, 1.54) is 0 Å². The monoisotopic (exact) mass is 254 g/mol. The van der Waals surface area contributed by atoms with Crippen molar-refractivity contribution in [3.05, 3.63) is 53.6 Å². The standard InChI is InChI=1S/C15H14N2O2/c1-19-15-8-12(9-16)4-7-14(15)17-10-11-2-5-13(18)6-3-11/h2-8,17-18H,10H2,1H3. The highest BCUT2D eigenvalue weighted by atomic mass is 16.5. The Kier molecular flexibility index (Phi) is 3.89. The molecule has 4 heteroatoms. The number of hydrogen-bond donors (Lipinski definition) is 2. The van der Waals surface area contributed by atoms with E-state index >= 15 is 0 Å². The number of nitrogens with one attached hydrogen (secondary N) is 1. The lowest BCUT2D eigenvalue weighted by Gasteiger charge is -2.11. The van der Waals surface area contributed by atoms with E-state index in [0.717, 1.165) is 11.3 Å². The molecular formula is C15H14N2O2. The first kappa shape index (κ1) is 12.8. The first-order valence-corrected chi connectivity index (χ1v) is 5.83. The lowest BCUT2D eigenvalue weighted by molar-refractivity contribution is 0.416. The van der Waals surface area contributed by atoms with Crippen LogP contribution in [0.4, 0.5) is 5.69 Å². The third kappa shape index (κ3) is 3.17. The highest BCUT2D eigenvalue weighted by Gasteiger charge is 2.04. The van der Waals surface area contributed by atoms with E-state index in [0.29, 0.717) is 17.9 Å². The Bertz CT molecular complexity index is 601. The van der Waals surface area contributed by atoms with Crippen molar-refractivity contribution in [2.45, 2.75) is 6.54 Å². The molecule has 2 aromatic carbocycles. The maximum atomic E-state index is 9.21. The number of anilines is 1. The molecule has 0 amide bonds. The highest BCUT2D eigenvalue weighted by Crippen LogP contribution is 2.25. The van der Waals surface area contributed by atoms with E-state index in [9.17, 15) is 5.11 Å². The normalized spacial score (nSPS) is 9.68. The number of phenolic OH excluding ortho intramolecular Hbond substituents is 1. The Morgan fingerprint density at radius 3 is 2.58 bits per heavy atom. The molecule has 0 heterocycles. The Labute approximate surface area is 111 Å². The number of nitrogens with zero attached hydrogens (tertiary/aromatic N) is 1. The summed E-state index contributed by atoms with van der Waals surface area (Å²) in [5.41, 5.74) is 2.44. The highest BCUT2D eigenvalue weighted by molar-refractivity contribution is 5.59. The van der Waals surface area contributed by atoms with Gasteiger partial charge >= 0.3 is 0 Å². The fraction of sp³-hybridized carbons (Fsp3) is 0.133. The van der Waals surface area contributed by atoms with Crippen LogP contribution in [0.1, 0.15) is 11.1 Å². The lowest BCUT2D eigenvalue weighted by Crippen LogP contribution is -2.01. The average Bonchev–Trinajstić information content (AvgIpc) is 2.46. The van der Waals surface area contributed by atoms with Gasteiger partial charge in [-0.05, 0) is 29.8 Å². The van der Waals surface area contributed by atoms with Crippen LogP contribution in [0.25, 0.3) is 0 Å². The second-order valence-corrected chi connectivity index (χ2v) is 4.05. The molecule has 0 spiro atoms. The molecule has 0 aromatic heterocycles.